The van der Waals surface area contributed by atoms with Crippen LogP contribution in [0, 0.1) is 11.7 Å². The monoisotopic (exact) mass is 235 g/mol. The highest BCUT2D eigenvalue weighted by Crippen LogP contribution is 2.17. The zero-order valence-corrected chi connectivity index (χ0v) is 9.65. The Hall–Kier alpha value is -1.71. The number of Topliss-reactive ketones (excluding diaryl/α,β-unsaturated/α-hetero) is 1. The van der Waals surface area contributed by atoms with Crippen molar-refractivity contribution in [1.29, 1.82) is 0 Å². The SMILES string of the molecule is CC1CC(=O)N(CC(=O)c2cccc(F)c2)C1. The summed E-state index contributed by atoms with van der Waals surface area (Å²) < 4.78 is 12.9. The van der Waals surface area contributed by atoms with Crippen molar-refractivity contribution in [3.63, 3.8) is 0 Å². The molecule has 1 fully saturated rings. The second kappa shape index (κ2) is 4.65. The highest BCUT2D eigenvalue weighted by atomic mass is 19.1. The lowest BCUT2D eigenvalue weighted by molar-refractivity contribution is -0.127. The molecule has 1 aliphatic rings. The van der Waals surface area contributed by atoms with E-state index in [2.05, 4.69) is 0 Å². The average molecular weight is 235 g/mol. The summed E-state index contributed by atoms with van der Waals surface area (Å²) in [5.74, 6) is -0.353. The van der Waals surface area contributed by atoms with Gasteiger partial charge in [0.15, 0.2) is 5.78 Å². The van der Waals surface area contributed by atoms with Crippen molar-refractivity contribution in [3.05, 3.63) is 35.6 Å². The predicted octanol–water partition coefficient (Wildman–Crippen LogP) is 1.88. The van der Waals surface area contributed by atoms with E-state index in [9.17, 15) is 14.0 Å². The number of likely N-dealkylation sites (tertiary alicyclic amines) is 1. The summed E-state index contributed by atoms with van der Waals surface area (Å²) in [5, 5.41) is 0. The smallest absolute Gasteiger partial charge is 0.223 e. The van der Waals surface area contributed by atoms with Crippen LogP contribution < -0.4 is 0 Å². The van der Waals surface area contributed by atoms with Gasteiger partial charge in [0.1, 0.15) is 5.82 Å². The molecule has 0 saturated carbocycles. The van der Waals surface area contributed by atoms with E-state index in [0.29, 0.717) is 24.4 Å². The molecule has 1 heterocycles. The van der Waals surface area contributed by atoms with Gasteiger partial charge in [-0.25, -0.2) is 4.39 Å². The third kappa shape index (κ3) is 2.70. The van der Waals surface area contributed by atoms with E-state index < -0.39 is 5.82 Å². The Kier molecular flexibility index (Phi) is 3.22. The van der Waals surface area contributed by atoms with Crippen LogP contribution in [-0.2, 0) is 4.79 Å². The van der Waals surface area contributed by atoms with Crippen molar-refractivity contribution in [2.45, 2.75) is 13.3 Å². The van der Waals surface area contributed by atoms with Gasteiger partial charge < -0.3 is 4.90 Å². The zero-order valence-electron chi connectivity index (χ0n) is 9.65. The van der Waals surface area contributed by atoms with Crippen LogP contribution in [0.2, 0.25) is 0 Å². The van der Waals surface area contributed by atoms with Gasteiger partial charge >= 0.3 is 0 Å². The van der Waals surface area contributed by atoms with E-state index in [0.717, 1.165) is 0 Å². The fourth-order valence-electron chi connectivity index (χ4n) is 2.05. The molecule has 1 saturated heterocycles. The van der Waals surface area contributed by atoms with Crippen LogP contribution in [0.15, 0.2) is 24.3 Å². The summed E-state index contributed by atoms with van der Waals surface area (Å²) in [7, 11) is 0. The molecule has 1 aliphatic heterocycles. The number of nitrogens with zero attached hydrogens (tertiary/aromatic N) is 1. The molecule has 1 aromatic rings. The van der Waals surface area contributed by atoms with Gasteiger partial charge in [-0.2, -0.15) is 0 Å². The van der Waals surface area contributed by atoms with Gasteiger partial charge in [-0.15, -0.1) is 0 Å². The number of ketones is 1. The summed E-state index contributed by atoms with van der Waals surface area (Å²) in [6.45, 7) is 2.64. The van der Waals surface area contributed by atoms with Gasteiger partial charge in [-0.3, -0.25) is 9.59 Å². The fraction of sp³-hybridized carbons (Fsp3) is 0.385. The number of halogens is 1. The van der Waals surface area contributed by atoms with Crippen molar-refractivity contribution in [2.24, 2.45) is 5.92 Å². The van der Waals surface area contributed by atoms with Gasteiger partial charge in [0.05, 0.1) is 6.54 Å². The molecule has 17 heavy (non-hydrogen) atoms. The van der Waals surface area contributed by atoms with Gasteiger partial charge in [0.2, 0.25) is 5.91 Å². The molecule has 0 spiro atoms. The van der Waals surface area contributed by atoms with Crippen LogP contribution in [-0.4, -0.2) is 29.7 Å². The molecule has 90 valence electrons. The van der Waals surface area contributed by atoms with Crippen LogP contribution in [0.1, 0.15) is 23.7 Å². The third-order valence-corrected chi connectivity index (χ3v) is 2.89. The Bertz CT molecular complexity index is 458. The maximum absolute atomic E-state index is 12.9. The molecule has 1 aromatic carbocycles. The second-order valence-electron chi connectivity index (χ2n) is 4.52. The molecule has 1 unspecified atom stereocenters. The molecule has 4 heteroatoms. The molecule has 2 rings (SSSR count). The second-order valence-corrected chi connectivity index (χ2v) is 4.52. The van der Waals surface area contributed by atoms with Crippen molar-refractivity contribution in [3.8, 4) is 0 Å². The molecule has 0 radical (unpaired) electrons. The number of benzene rings is 1. The first-order chi connectivity index (χ1) is 8.06. The summed E-state index contributed by atoms with van der Waals surface area (Å²) in [6.07, 6.45) is 0.496. The summed E-state index contributed by atoms with van der Waals surface area (Å²) in [4.78, 5) is 24.9. The van der Waals surface area contributed by atoms with Crippen LogP contribution in [0.4, 0.5) is 4.39 Å². The highest BCUT2D eigenvalue weighted by Gasteiger charge is 2.28. The first-order valence-corrected chi connectivity index (χ1v) is 5.63. The summed E-state index contributed by atoms with van der Waals surface area (Å²) in [6, 6.07) is 5.55. The van der Waals surface area contributed by atoms with E-state index in [4.69, 9.17) is 0 Å². The van der Waals surface area contributed by atoms with Crippen molar-refractivity contribution >= 4 is 11.7 Å². The lowest BCUT2D eigenvalue weighted by atomic mass is 10.1. The number of carbonyl (C=O) groups is 2. The maximum Gasteiger partial charge on any atom is 0.223 e. The fourth-order valence-corrected chi connectivity index (χ4v) is 2.05. The normalized spacial score (nSPS) is 19.8. The number of hydrogen-bond acceptors (Lipinski definition) is 2. The average Bonchev–Trinajstić information content (AvgIpc) is 2.57. The topological polar surface area (TPSA) is 37.4 Å². The minimum atomic E-state index is -0.433. The largest absolute Gasteiger partial charge is 0.335 e. The molecule has 3 nitrogen and oxygen atoms in total. The number of rotatable bonds is 3. The minimum absolute atomic E-state index is 0.00209. The maximum atomic E-state index is 12.9. The van der Waals surface area contributed by atoms with Gasteiger partial charge in [-0.1, -0.05) is 19.1 Å². The predicted molar refractivity (Wildman–Crippen MR) is 61.1 cm³/mol. The van der Waals surface area contributed by atoms with Gasteiger partial charge in [0.25, 0.3) is 0 Å². The van der Waals surface area contributed by atoms with Crippen LogP contribution >= 0.6 is 0 Å². The molecule has 1 amide bonds. The number of hydrogen-bond donors (Lipinski definition) is 0. The van der Waals surface area contributed by atoms with E-state index in [-0.39, 0.29) is 18.2 Å². The molecular formula is C13H14FNO2. The zero-order chi connectivity index (χ0) is 12.4. The lowest BCUT2D eigenvalue weighted by Crippen LogP contribution is -2.31. The van der Waals surface area contributed by atoms with E-state index in [1.54, 1.807) is 6.07 Å². The molecule has 0 N–H and O–H groups in total. The standard InChI is InChI=1S/C13H14FNO2/c1-9-5-13(17)15(7-9)8-12(16)10-3-2-4-11(14)6-10/h2-4,6,9H,5,7-8H2,1H3. The Morgan fingerprint density at radius 3 is 2.88 bits per heavy atom. The first kappa shape index (κ1) is 11.8. The van der Waals surface area contributed by atoms with Crippen molar-refractivity contribution < 1.29 is 14.0 Å². The Balaban J connectivity index is 2.05. The molecular weight excluding hydrogens is 221 g/mol. The Morgan fingerprint density at radius 2 is 2.29 bits per heavy atom. The van der Waals surface area contributed by atoms with Gasteiger partial charge in [0, 0.05) is 18.5 Å². The lowest BCUT2D eigenvalue weighted by Gasteiger charge is -2.14. The molecule has 0 aliphatic carbocycles. The molecule has 0 bridgehead atoms. The minimum Gasteiger partial charge on any atom is -0.335 e. The highest BCUT2D eigenvalue weighted by molar-refractivity contribution is 5.99. The summed E-state index contributed by atoms with van der Waals surface area (Å²) >= 11 is 0. The Morgan fingerprint density at radius 1 is 1.53 bits per heavy atom. The summed E-state index contributed by atoms with van der Waals surface area (Å²) in [5.41, 5.74) is 0.317. The van der Waals surface area contributed by atoms with Crippen molar-refractivity contribution in [1.82, 2.24) is 4.90 Å². The van der Waals surface area contributed by atoms with E-state index in [1.807, 2.05) is 6.92 Å². The van der Waals surface area contributed by atoms with Gasteiger partial charge in [-0.05, 0) is 18.1 Å². The van der Waals surface area contributed by atoms with Crippen LogP contribution in [0.25, 0.3) is 0 Å². The van der Waals surface area contributed by atoms with Crippen LogP contribution in [0.3, 0.4) is 0 Å². The number of amides is 1. The molecule has 0 aromatic heterocycles. The Labute approximate surface area is 99.2 Å². The third-order valence-electron chi connectivity index (χ3n) is 2.89. The van der Waals surface area contributed by atoms with Crippen molar-refractivity contribution in [2.75, 3.05) is 13.1 Å². The quantitative estimate of drug-likeness (QED) is 0.750. The van der Waals surface area contributed by atoms with E-state index >= 15 is 0 Å². The van der Waals surface area contributed by atoms with E-state index in [1.165, 1.54) is 23.1 Å². The van der Waals surface area contributed by atoms with Crippen LogP contribution in [0.5, 0.6) is 0 Å². The molecule has 1 atom stereocenters. The number of carbonyl (C=O) groups excluding carboxylic acids is 2. The first-order valence-electron chi connectivity index (χ1n) is 5.63.